The fraction of sp³-hybridized carbons (Fsp3) is 0.211. The molecule has 0 fully saturated rings. The first kappa shape index (κ1) is 23.0. The third kappa shape index (κ3) is 6.40. The van der Waals surface area contributed by atoms with Crippen LogP contribution in [0.4, 0.5) is 5.13 Å². The Hall–Kier alpha value is -2.67. The lowest BCUT2D eigenvalue weighted by molar-refractivity contribution is -0.116. The van der Waals surface area contributed by atoms with Crippen molar-refractivity contribution >= 4 is 42.2 Å². The molecule has 0 aliphatic rings. The molecule has 0 atom stereocenters. The van der Waals surface area contributed by atoms with Crippen molar-refractivity contribution in [3.8, 4) is 0 Å². The summed E-state index contributed by atoms with van der Waals surface area (Å²) in [6.45, 7) is 1.75. The van der Waals surface area contributed by atoms with Gasteiger partial charge in [-0.1, -0.05) is 47.2 Å². The summed E-state index contributed by atoms with van der Waals surface area (Å²) >= 11 is 0.948. The summed E-state index contributed by atoms with van der Waals surface area (Å²) in [6, 6.07) is 14.3. The molecule has 12 heteroatoms. The molecule has 1 amide bonds. The number of carbonyl (C=O) groups excluding carboxylic acids is 1. The van der Waals surface area contributed by atoms with Gasteiger partial charge in [-0.05, 0) is 31.2 Å². The van der Waals surface area contributed by atoms with Gasteiger partial charge < -0.3 is 5.32 Å². The van der Waals surface area contributed by atoms with Crippen LogP contribution in [0.5, 0.6) is 0 Å². The Morgan fingerprint density at radius 2 is 1.61 bits per heavy atom. The molecule has 2 aromatic carbocycles. The van der Waals surface area contributed by atoms with E-state index in [0.29, 0.717) is 0 Å². The minimum atomic E-state index is -3.71. The molecule has 1 aromatic heterocycles. The lowest BCUT2D eigenvalue weighted by atomic mass is 10.2. The maximum atomic E-state index is 12.4. The number of carbonyl (C=O) groups is 1. The van der Waals surface area contributed by atoms with E-state index in [9.17, 15) is 21.6 Å². The highest BCUT2D eigenvalue weighted by Gasteiger charge is 2.19. The zero-order valence-electron chi connectivity index (χ0n) is 16.5. The van der Waals surface area contributed by atoms with Crippen molar-refractivity contribution in [1.29, 1.82) is 0 Å². The second-order valence-corrected chi connectivity index (χ2v) is 11.4. The quantitative estimate of drug-likeness (QED) is 0.479. The molecule has 0 aliphatic heterocycles. The average molecular weight is 481 g/mol. The van der Waals surface area contributed by atoms with Crippen LogP contribution in [0.2, 0.25) is 0 Å². The number of anilines is 1. The van der Waals surface area contributed by atoms with Gasteiger partial charge >= 0.3 is 0 Å². The van der Waals surface area contributed by atoms with E-state index in [2.05, 4.69) is 20.2 Å². The summed E-state index contributed by atoms with van der Waals surface area (Å²) in [7, 11) is -7.28. The fourth-order valence-corrected chi connectivity index (χ4v) is 5.92. The first-order valence-electron chi connectivity index (χ1n) is 9.12. The largest absolute Gasteiger partial charge is 0.300 e. The molecule has 1 heterocycles. The number of aryl methyl sites for hydroxylation is 1. The molecule has 0 bridgehead atoms. The lowest BCUT2D eigenvalue weighted by Gasteiger charge is -2.06. The highest BCUT2D eigenvalue weighted by molar-refractivity contribution is 7.90. The highest BCUT2D eigenvalue weighted by Crippen LogP contribution is 2.21. The molecule has 0 aliphatic carbocycles. The van der Waals surface area contributed by atoms with E-state index in [1.807, 2.05) is 6.92 Å². The van der Waals surface area contributed by atoms with Gasteiger partial charge in [-0.2, -0.15) is 0 Å². The first-order chi connectivity index (χ1) is 14.7. The zero-order chi connectivity index (χ0) is 22.5. The molecular weight excluding hydrogens is 460 g/mol. The van der Waals surface area contributed by atoms with Crippen molar-refractivity contribution in [2.24, 2.45) is 0 Å². The standard InChI is InChI=1S/C19H20N4O5S3/c1-14-7-9-16(10-8-14)31(27,28)20-12-11-17(24)21-19-23-22-18(29-19)13-30(25,26)15-5-3-2-4-6-15/h2-10,20H,11-13H2,1H3,(H,21,23,24). The van der Waals surface area contributed by atoms with E-state index in [-0.39, 0.29) is 38.6 Å². The predicted octanol–water partition coefficient (Wildman–Crippen LogP) is 2.13. The molecular formula is C19H20N4O5S3. The molecule has 164 valence electrons. The molecule has 3 aromatic rings. The number of hydrogen-bond donors (Lipinski definition) is 2. The van der Waals surface area contributed by atoms with Crippen molar-refractivity contribution < 1.29 is 21.6 Å². The fourth-order valence-electron chi connectivity index (χ4n) is 2.52. The second-order valence-electron chi connectivity index (χ2n) is 6.58. The second kappa shape index (κ2) is 9.64. The monoisotopic (exact) mass is 480 g/mol. The number of benzene rings is 2. The summed E-state index contributed by atoms with van der Waals surface area (Å²) < 4.78 is 51.6. The Labute approximate surface area is 184 Å². The smallest absolute Gasteiger partial charge is 0.240 e. The van der Waals surface area contributed by atoms with Crippen molar-refractivity contribution in [2.45, 2.75) is 28.9 Å². The number of hydrogen-bond acceptors (Lipinski definition) is 8. The molecule has 0 unspecified atom stereocenters. The Balaban J connectivity index is 1.51. The average Bonchev–Trinajstić information content (AvgIpc) is 3.14. The van der Waals surface area contributed by atoms with Crippen molar-refractivity contribution in [1.82, 2.24) is 14.9 Å². The zero-order valence-corrected chi connectivity index (χ0v) is 18.9. The molecule has 9 nitrogen and oxygen atoms in total. The van der Waals surface area contributed by atoms with Gasteiger partial charge in [0.15, 0.2) is 9.84 Å². The Kier molecular flexibility index (Phi) is 7.15. The summed E-state index contributed by atoms with van der Waals surface area (Å²) in [5.74, 6) is -0.804. The van der Waals surface area contributed by atoms with Crippen molar-refractivity contribution in [3.63, 3.8) is 0 Å². The summed E-state index contributed by atoms with van der Waals surface area (Å²) in [5, 5.41) is 10.5. The third-order valence-electron chi connectivity index (χ3n) is 4.10. The number of rotatable bonds is 9. The minimum Gasteiger partial charge on any atom is -0.300 e. The van der Waals surface area contributed by atoms with Crippen LogP contribution < -0.4 is 10.0 Å². The molecule has 0 spiro atoms. The first-order valence-corrected chi connectivity index (χ1v) is 13.1. The normalized spacial score (nSPS) is 11.9. The molecule has 0 saturated carbocycles. The van der Waals surface area contributed by atoms with Gasteiger partial charge in [-0.3, -0.25) is 4.79 Å². The summed E-state index contributed by atoms with van der Waals surface area (Å²) in [4.78, 5) is 12.4. The number of sulfone groups is 1. The number of sulfonamides is 1. The van der Waals surface area contributed by atoms with E-state index < -0.39 is 25.8 Å². The summed E-state index contributed by atoms with van der Waals surface area (Å²) in [6.07, 6.45) is -0.123. The van der Waals surface area contributed by atoms with Crippen LogP contribution >= 0.6 is 11.3 Å². The van der Waals surface area contributed by atoms with Crippen molar-refractivity contribution in [3.05, 3.63) is 65.2 Å². The van der Waals surface area contributed by atoms with Crippen LogP contribution in [0, 0.1) is 6.92 Å². The number of nitrogens with zero attached hydrogens (tertiary/aromatic N) is 2. The molecule has 2 N–H and O–H groups in total. The number of nitrogens with one attached hydrogen (secondary N) is 2. The SMILES string of the molecule is Cc1ccc(S(=O)(=O)NCCC(=O)Nc2nnc(CS(=O)(=O)c3ccccc3)s2)cc1. The Morgan fingerprint density at radius 1 is 0.935 bits per heavy atom. The van der Waals surface area contributed by atoms with Crippen LogP contribution in [0.25, 0.3) is 0 Å². The topological polar surface area (TPSA) is 135 Å². The molecule has 0 radical (unpaired) electrons. The van der Waals surface area contributed by atoms with Crippen LogP contribution in [-0.2, 0) is 30.4 Å². The Bertz CT molecular complexity index is 1260. The van der Waals surface area contributed by atoms with Gasteiger partial charge in [0.2, 0.25) is 21.1 Å². The van der Waals surface area contributed by atoms with Gasteiger partial charge in [0.25, 0.3) is 0 Å². The van der Waals surface area contributed by atoms with E-state index in [4.69, 9.17) is 0 Å². The van der Waals surface area contributed by atoms with Gasteiger partial charge in [-0.25, -0.2) is 21.6 Å². The third-order valence-corrected chi connectivity index (χ3v) is 8.25. The van der Waals surface area contributed by atoms with Crippen LogP contribution in [-0.4, -0.2) is 39.5 Å². The van der Waals surface area contributed by atoms with E-state index in [1.165, 1.54) is 24.3 Å². The Morgan fingerprint density at radius 3 is 2.29 bits per heavy atom. The molecule has 3 rings (SSSR count). The number of aromatic nitrogens is 2. The van der Waals surface area contributed by atoms with Crippen LogP contribution in [0.15, 0.2) is 64.4 Å². The van der Waals surface area contributed by atoms with Crippen LogP contribution in [0.1, 0.15) is 17.0 Å². The molecule has 0 saturated heterocycles. The predicted molar refractivity (Wildman–Crippen MR) is 117 cm³/mol. The molecule has 31 heavy (non-hydrogen) atoms. The van der Waals surface area contributed by atoms with Gasteiger partial charge in [-0.15, -0.1) is 10.2 Å². The van der Waals surface area contributed by atoms with Gasteiger partial charge in [0, 0.05) is 13.0 Å². The van der Waals surface area contributed by atoms with E-state index in [1.54, 1.807) is 30.3 Å². The van der Waals surface area contributed by atoms with E-state index in [0.717, 1.165) is 16.9 Å². The van der Waals surface area contributed by atoms with Crippen molar-refractivity contribution in [2.75, 3.05) is 11.9 Å². The lowest BCUT2D eigenvalue weighted by Crippen LogP contribution is -2.27. The summed E-state index contributed by atoms with van der Waals surface area (Å²) in [5.41, 5.74) is 0.936. The van der Waals surface area contributed by atoms with Gasteiger partial charge in [0.1, 0.15) is 10.8 Å². The maximum Gasteiger partial charge on any atom is 0.240 e. The van der Waals surface area contributed by atoms with Gasteiger partial charge in [0.05, 0.1) is 9.79 Å². The highest BCUT2D eigenvalue weighted by atomic mass is 32.2. The minimum absolute atomic E-state index is 0.101. The maximum absolute atomic E-state index is 12.4. The van der Waals surface area contributed by atoms with Crippen LogP contribution in [0.3, 0.4) is 0 Å². The number of amides is 1. The van der Waals surface area contributed by atoms with E-state index >= 15 is 0 Å².